The largest absolute Gasteiger partial charge is 0.481 e. The number of aldehydes is 1. The molecule has 1 heterocycles. The number of fused-ring (bicyclic) bond motifs is 2. The van der Waals surface area contributed by atoms with Gasteiger partial charge in [-0.2, -0.15) is 0 Å². The van der Waals surface area contributed by atoms with Gasteiger partial charge in [0, 0.05) is 5.41 Å². The van der Waals surface area contributed by atoms with Crippen LogP contribution in [0.1, 0.15) is 60.3 Å². The van der Waals surface area contributed by atoms with Gasteiger partial charge in [-0.15, -0.1) is 0 Å². The molecule has 4 bridgehead atoms. The van der Waals surface area contributed by atoms with Crippen molar-refractivity contribution < 1.29 is 39.5 Å². The van der Waals surface area contributed by atoms with Crippen LogP contribution < -0.4 is 0 Å². The van der Waals surface area contributed by atoms with Crippen molar-refractivity contribution in [2.24, 2.45) is 45.8 Å². The zero-order valence-corrected chi connectivity index (χ0v) is 21.3. The maximum absolute atomic E-state index is 13.4. The number of carbonyl (C=O) groups is 2. The van der Waals surface area contributed by atoms with Crippen LogP contribution in [0.2, 0.25) is 0 Å². The predicted molar refractivity (Wildman–Crippen MR) is 125 cm³/mol. The van der Waals surface area contributed by atoms with Gasteiger partial charge in [0.25, 0.3) is 0 Å². The van der Waals surface area contributed by atoms with Gasteiger partial charge in [0.2, 0.25) is 0 Å². The van der Waals surface area contributed by atoms with Gasteiger partial charge < -0.3 is 34.7 Å². The van der Waals surface area contributed by atoms with Crippen molar-refractivity contribution in [2.75, 3.05) is 6.61 Å². The van der Waals surface area contributed by atoms with Crippen molar-refractivity contribution in [3.05, 3.63) is 11.6 Å². The van der Waals surface area contributed by atoms with Crippen molar-refractivity contribution in [3.63, 3.8) is 0 Å². The van der Waals surface area contributed by atoms with Crippen LogP contribution >= 0.6 is 0 Å². The first-order valence-electron chi connectivity index (χ1n) is 13.1. The molecule has 196 valence electrons. The molecule has 0 radical (unpaired) electrons. The molecular formula is C27H40O8. The average Bonchev–Trinajstić information content (AvgIpc) is 3.37. The van der Waals surface area contributed by atoms with E-state index >= 15 is 0 Å². The number of ether oxygens (including phenoxy) is 2. The molecule has 0 aromatic rings. The van der Waals surface area contributed by atoms with Gasteiger partial charge in [-0.05, 0) is 62.7 Å². The summed E-state index contributed by atoms with van der Waals surface area (Å²) in [6.07, 6.45) is 1.04. The Balaban J connectivity index is 1.58. The van der Waals surface area contributed by atoms with Gasteiger partial charge in [-0.3, -0.25) is 4.79 Å². The minimum atomic E-state index is -1.65. The summed E-state index contributed by atoms with van der Waals surface area (Å²) in [4.78, 5) is 26.5. The van der Waals surface area contributed by atoms with E-state index in [1.54, 1.807) is 6.92 Å². The average molecular weight is 493 g/mol. The topological polar surface area (TPSA) is 134 Å². The summed E-state index contributed by atoms with van der Waals surface area (Å²) < 4.78 is 12.0. The molecule has 0 aromatic heterocycles. The molecule has 0 spiro atoms. The Morgan fingerprint density at radius 1 is 1.26 bits per heavy atom. The van der Waals surface area contributed by atoms with E-state index in [4.69, 9.17) is 9.47 Å². The maximum Gasteiger partial charge on any atom is 0.315 e. The monoisotopic (exact) mass is 492 g/mol. The Kier molecular flexibility index (Phi) is 5.67. The van der Waals surface area contributed by atoms with E-state index in [0.29, 0.717) is 18.8 Å². The lowest BCUT2D eigenvalue weighted by molar-refractivity contribution is -0.327. The van der Waals surface area contributed by atoms with Crippen molar-refractivity contribution in [3.8, 4) is 0 Å². The molecule has 8 heteroatoms. The fourth-order valence-corrected chi connectivity index (χ4v) is 9.16. The molecule has 8 nitrogen and oxygen atoms in total. The first-order chi connectivity index (χ1) is 16.3. The highest BCUT2D eigenvalue weighted by Crippen LogP contribution is 2.82. The minimum Gasteiger partial charge on any atom is -0.481 e. The van der Waals surface area contributed by atoms with Crippen LogP contribution in [0.3, 0.4) is 0 Å². The smallest absolute Gasteiger partial charge is 0.315 e. The first kappa shape index (κ1) is 25.3. The zero-order chi connectivity index (χ0) is 25.7. The van der Waals surface area contributed by atoms with E-state index in [0.717, 1.165) is 24.7 Å². The van der Waals surface area contributed by atoms with Crippen molar-refractivity contribution in [1.82, 2.24) is 0 Å². The van der Waals surface area contributed by atoms with Gasteiger partial charge in [0.15, 0.2) is 6.29 Å². The second-order valence-corrected chi connectivity index (χ2v) is 12.6. The Morgan fingerprint density at radius 3 is 2.54 bits per heavy atom. The van der Waals surface area contributed by atoms with E-state index in [1.165, 1.54) is 6.92 Å². The molecule has 5 aliphatic rings. The summed E-state index contributed by atoms with van der Waals surface area (Å²) in [6.45, 7) is 9.17. The van der Waals surface area contributed by atoms with E-state index in [9.17, 15) is 30.0 Å². The van der Waals surface area contributed by atoms with Crippen LogP contribution in [0, 0.1) is 45.8 Å². The van der Waals surface area contributed by atoms with E-state index in [1.807, 2.05) is 13.8 Å². The predicted octanol–water partition coefficient (Wildman–Crippen LogP) is 2.15. The molecule has 1 saturated heterocycles. The summed E-state index contributed by atoms with van der Waals surface area (Å²) in [5.74, 6) is -0.501. The third-order valence-corrected chi connectivity index (χ3v) is 11.0. The van der Waals surface area contributed by atoms with Crippen LogP contribution in [0.5, 0.6) is 0 Å². The highest BCUT2D eigenvalue weighted by atomic mass is 16.7. The van der Waals surface area contributed by atoms with E-state index in [-0.39, 0.29) is 30.3 Å². The van der Waals surface area contributed by atoms with Crippen LogP contribution in [0.4, 0.5) is 0 Å². The van der Waals surface area contributed by atoms with Gasteiger partial charge in [0.05, 0.1) is 18.1 Å². The molecule has 4 aliphatic carbocycles. The third kappa shape index (κ3) is 2.81. The number of carboxylic acids is 1. The number of allylic oxidation sites excluding steroid dienone is 1. The summed E-state index contributed by atoms with van der Waals surface area (Å²) in [7, 11) is 0. The lowest BCUT2D eigenvalue weighted by Gasteiger charge is -2.58. The number of aliphatic hydroxyl groups is 3. The number of aliphatic carboxylic acids is 1. The van der Waals surface area contributed by atoms with Crippen molar-refractivity contribution >= 4 is 12.3 Å². The minimum absolute atomic E-state index is 0.00841. The fourth-order valence-electron chi connectivity index (χ4n) is 9.16. The highest BCUT2D eigenvalue weighted by molar-refractivity contribution is 5.90. The Hall–Kier alpha value is -1.32. The van der Waals surface area contributed by atoms with Gasteiger partial charge >= 0.3 is 5.97 Å². The highest BCUT2D eigenvalue weighted by Gasteiger charge is 2.84. The molecular weight excluding hydrogens is 452 g/mol. The molecule has 2 unspecified atom stereocenters. The number of carboxylic acid groups (broad SMARTS) is 1. The Morgan fingerprint density at radius 2 is 1.94 bits per heavy atom. The summed E-state index contributed by atoms with van der Waals surface area (Å²) in [5, 5.41) is 42.7. The summed E-state index contributed by atoms with van der Waals surface area (Å²) >= 11 is 0. The number of carbonyl (C=O) groups excluding carboxylic acids is 1. The zero-order valence-electron chi connectivity index (χ0n) is 21.3. The number of aliphatic hydroxyl groups excluding tert-OH is 2. The molecule has 5 rings (SSSR count). The van der Waals surface area contributed by atoms with Crippen LogP contribution in [0.15, 0.2) is 11.6 Å². The van der Waals surface area contributed by atoms with Crippen molar-refractivity contribution in [1.29, 1.82) is 0 Å². The third-order valence-electron chi connectivity index (χ3n) is 11.0. The molecule has 3 saturated carbocycles. The second kappa shape index (κ2) is 7.84. The van der Waals surface area contributed by atoms with E-state index in [2.05, 4.69) is 13.0 Å². The van der Waals surface area contributed by atoms with Crippen LogP contribution in [-0.4, -0.2) is 69.5 Å². The lowest BCUT2D eigenvalue weighted by atomic mass is 9.43. The first-order valence-corrected chi connectivity index (χ1v) is 13.1. The molecule has 4 N–H and O–H groups in total. The molecule has 0 amide bonds. The SMILES string of the molecule is CC(C)C1=C[C@H]2C[C@]3(C=O)[C@@H]4CC[C@@H](C)[C@H]4C[C@@]2(CO[C@@H]2OC(C)C(C)(O)[C@@H](O)[C@@H]2O)[C@]13C(=O)O. The van der Waals surface area contributed by atoms with Gasteiger partial charge in [-0.1, -0.05) is 38.8 Å². The number of hydrogen-bond acceptors (Lipinski definition) is 7. The quantitative estimate of drug-likeness (QED) is 0.327. The molecule has 4 fully saturated rings. The van der Waals surface area contributed by atoms with Crippen molar-refractivity contribution in [2.45, 2.75) is 90.5 Å². The van der Waals surface area contributed by atoms with Crippen LogP contribution in [0.25, 0.3) is 0 Å². The summed E-state index contributed by atoms with van der Waals surface area (Å²) in [6, 6.07) is 0. The molecule has 35 heavy (non-hydrogen) atoms. The lowest BCUT2D eigenvalue weighted by Crippen LogP contribution is -2.66. The molecule has 0 aromatic carbocycles. The van der Waals surface area contributed by atoms with Gasteiger partial charge in [0.1, 0.15) is 29.5 Å². The molecule has 1 aliphatic heterocycles. The fraction of sp³-hybridized carbons (Fsp3) is 0.852. The maximum atomic E-state index is 13.4. The standard InChI is InChI=1S/C27H40O8/c1-13(2)19-8-16-9-25(11-28)18-7-6-14(3)17(18)10-26(16,27(19,25)23(31)32)12-34-22-20(29)21(30)24(5,33)15(4)35-22/h8,11,13-18,20-22,29-30,33H,6-7,9-10,12H2,1-5H3,(H,31,32)/t14-,15?,16+,17-,18-,20+,21+,22-,24?,25+,26+,27+/m1/s1. The van der Waals surface area contributed by atoms with Gasteiger partial charge in [-0.25, -0.2) is 0 Å². The number of rotatable bonds is 6. The Bertz CT molecular complexity index is 943. The van der Waals surface area contributed by atoms with E-state index < -0.39 is 52.4 Å². The number of hydrogen-bond donors (Lipinski definition) is 4. The summed E-state index contributed by atoms with van der Waals surface area (Å²) in [5.41, 5.74) is -4.05. The molecule has 12 atom stereocenters. The Labute approximate surface area is 206 Å². The normalized spacial score (nSPS) is 54.6. The van der Waals surface area contributed by atoms with Crippen LogP contribution in [-0.2, 0) is 19.1 Å². The second-order valence-electron chi connectivity index (χ2n) is 12.6.